The van der Waals surface area contributed by atoms with Gasteiger partial charge in [0.05, 0.1) is 6.61 Å². The van der Waals surface area contributed by atoms with Gasteiger partial charge in [-0.25, -0.2) is 5.84 Å². The SMILES string of the molecule is CCOc1ccc2[nH]c(C(=O)NN)c(C)c2c1. The van der Waals surface area contributed by atoms with Crippen LogP contribution in [-0.4, -0.2) is 17.5 Å². The molecular formula is C12H15N3O2. The number of ether oxygens (including phenoxy) is 1. The number of aryl methyl sites for hydroxylation is 1. The average Bonchev–Trinajstić information content (AvgIpc) is 2.67. The molecule has 5 heteroatoms. The van der Waals surface area contributed by atoms with E-state index >= 15 is 0 Å². The molecule has 0 unspecified atom stereocenters. The van der Waals surface area contributed by atoms with Crippen LogP contribution in [0.25, 0.3) is 10.9 Å². The minimum Gasteiger partial charge on any atom is -0.494 e. The molecule has 1 amide bonds. The predicted octanol–water partition coefficient (Wildman–Crippen LogP) is 1.48. The van der Waals surface area contributed by atoms with E-state index in [1.54, 1.807) is 0 Å². The number of aromatic nitrogens is 1. The van der Waals surface area contributed by atoms with Gasteiger partial charge in [-0.1, -0.05) is 0 Å². The van der Waals surface area contributed by atoms with Crippen molar-refractivity contribution in [1.82, 2.24) is 10.4 Å². The lowest BCUT2D eigenvalue weighted by Gasteiger charge is -2.02. The summed E-state index contributed by atoms with van der Waals surface area (Å²) in [7, 11) is 0. The fraction of sp³-hybridized carbons (Fsp3) is 0.250. The summed E-state index contributed by atoms with van der Waals surface area (Å²) < 4.78 is 5.43. The van der Waals surface area contributed by atoms with Crippen LogP contribution in [0, 0.1) is 6.92 Å². The number of nitrogens with two attached hydrogens (primary N) is 1. The van der Waals surface area contributed by atoms with Crippen LogP contribution in [0.15, 0.2) is 18.2 Å². The highest BCUT2D eigenvalue weighted by molar-refractivity contribution is 6.00. The monoisotopic (exact) mass is 233 g/mol. The lowest BCUT2D eigenvalue weighted by molar-refractivity contribution is 0.0949. The van der Waals surface area contributed by atoms with Gasteiger partial charge >= 0.3 is 0 Å². The van der Waals surface area contributed by atoms with E-state index in [2.05, 4.69) is 10.4 Å². The Hall–Kier alpha value is -2.01. The van der Waals surface area contributed by atoms with Crippen molar-refractivity contribution in [3.05, 3.63) is 29.5 Å². The van der Waals surface area contributed by atoms with Crippen LogP contribution in [0.2, 0.25) is 0 Å². The fourth-order valence-electron chi connectivity index (χ4n) is 1.86. The molecule has 2 aromatic rings. The number of hydrogen-bond acceptors (Lipinski definition) is 3. The maximum atomic E-state index is 11.5. The van der Waals surface area contributed by atoms with Crippen molar-refractivity contribution in [2.45, 2.75) is 13.8 Å². The number of H-pyrrole nitrogens is 1. The Morgan fingerprint density at radius 3 is 2.94 bits per heavy atom. The zero-order chi connectivity index (χ0) is 12.4. The molecule has 0 spiro atoms. The molecule has 0 radical (unpaired) electrons. The summed E-state index contributed by atoms with van der Waals surface area (Å²) in [6, 6.07) is 5.67. The van der Waals surface area contributed by atoms with Crippen LogP contribution >= 0.6 is 0 Å². The van der Waals surface area contributed by atoms with E-state index < -0.39 is 0 Å². The third-order valence-corrected chi connectivity index (χ3v) is 2.70. The molecule has 1 heterocycles. The molecule has 5 nitrogen and oxygen atoms in total. The van der Waals surface area contributed by atoms with Crippen molar-refractivity contribution >= 4 is 16.8 Å². The van der Waals surface area contributed by atoms with Crippen molar-refractivity contribution in [2.24, 2.45) is 5.84 Å². The number of benzene rings is 1. The number of carbonyl (C=O) groups is 1. The molecule has 2 rings (SSSR count). The second kappa shape index (κ2) is 4.47. The predicted molar refractivity (Wildman–Crippen MR) is 65.9 cm³/mol. The first-order valence-corrected chi connectivity index (χ1v) is 5.43. The van der Waals surface area contributed by atoms with Crippen molar-refractivity contribution in [2.75, 3.05) is 6.61 Å². The number of nitrogens with one attached hydrogen (secondary N) is 2. The van der Waals surface area contributed by atoms with Gasteiger partial charge in [0.15, 0.2) is 0 Å². The van der Waals surface area contributed by atoms with Crippen LogP contribution in [0.4, 0.5) is 0 Å². The number of hydrogen-bond donors (Lipinski definition) is 3. The van der Waals surface area contributed by atoms with E-state index in [0.717, 1.165) is 22.2 Å². The molecule has 17 heavy (non-hydrogen) atoms. The summed E-state index contributed by atoms with van der Waals surface area (Å²) in [4.78, 5) is 14.6. The van der Waals surface area contributed by atoms with Crippen molar-refractivity contribution in [1.29, 1.82) is 0 Å². The molecule has 1 aromatic heterocycles. The average molecular weight is 233 g/mol. The van der Waals surface area contributed by atoms with E-state index in [-0.39, 0.29) is 5.91 Å². The van der Waals surface area contributed by atoms with E-state index in [4.69, 9.17) is 10.6 Å². The van der Waals surface area contributed by atoms with Crippen LogP contribution in [0.5, 0.6) is 5.75 Å². The molecular weight excluding hydrogens is 218 g/mol. The molecule has 0 saturated heterocycles. The number of amides is 1. The fourth-order valence-corrected chi connectivity index (χ4v) is 1.86. The Morgan fingerprint density at radius 1 is 1.53 bits per heavy atom. The summed E-state index contributed by atoms with van der Waals surface area (Å²) in [5.41, 5.74) is 4.36. The zero-order valence-corrected chi connectivity index (χ0v) is 9.83. The molecule has 90 valence electrons. The molecule has 0 aliphatic rings. The molecule has 0 bridgehead atoms. The van der Waals surface area contributed by atoms with Crippen molar-refractivity contribution < 1.29 is 9.53 Å². The lowest BCUT2D eigenvalue weighted by atomic mass is 10.1. The van der Waals surface area contributed by atoms with Crippen LogP contribution < -0.4 is 16.0 Å². The number of rotatable bonds is 3. The minimum absolute atomic E-state index is 0.323. The van der Waals surface area contributed by atoms with Crippen molar-refractivity contribution in [3.63, 3.8) is 0 Å². The second-order valence-corrected chi connectivity index (χ2v) is 3.74. The van der Waals surface area contributed by atoms with Crippen LogP contribution in [0.3, 0.4) is 0 Å². The molecule has 4 N–H and O–H groups in total. The molecule has 0 fully saturated rings. The summed E-state index contributed by atoms with van der Waals surface area (Å²) in [5.74, 6) is 5.60. The Balaban J connectivity index is 2.54. The summed E-state index contributed by atoms with van der Waals surface area (Å²) >= 11 is 0. The summed E-state index contributed by atoms with van der Waals surface area (Å²) in [6.07, 6.45) is 0. The first kappa shape index (κ1) is 11.5. The van der Waals surface area contributed by atoms with Crippen LogP contribution in [-0.2, 0) is 0 Å². The molecule has 0 saturated carbocycles. The summed E-state index contributed by atoms with van der Waals surface area (Å²) in [5, 5.41) is 0.967. The van der Waals surface area contributed by atoms with Gasteiger partial charge in [-0.3, -0.25) is 10.2 Å². The van der Waals surface area contributed by atoms with E-state index in [9.17, 15) is 4.79 Å². The third-order valence-electron chi connectivity index (χ3n) is 2.70. The Bertz CT molecular complexity index is 560. The normalized spacial score (nSPS) is 10.5. The zero-order valence-electron chi connectivity index (χ0n) is 9.83. The summed E-state index contributed by atoms with van der Waals surface area (Å²) in [6.45, 7) is 4.42. The van der Waals surface area contributed by atoms with Crippen molar-refractivity contribution in [3.8, 4) is 5.75 Å². The van der Waals surface area contributed by atoms with Crippen LogP contribution in [0.1, 0.15) is 23.0 Å². The highest BCUT2D eigenvalue weighted by Gasteiger charge is 2.13. The number of carbonyl (C=O) groups excluding carboxylic acids is 1. The van der Waals surface area contributed by atoms with Gasteiger partial charge in [0.25, 0.3) is 5.91 Å². The molecule has 0 aliphatic heterocycles. The smallest absolute Gasteiger partial charge is 0.281 e. The highest BCUT2D eigenvalue weighted by Crippen LogP contribution is 2.25. The minimum atomic E-state index is -0.323. The van der Waals surface area contributed by atoms with Gasteiger partial charge in [0.2, 0.25) is 0 Å². The van der Waals surface area contributed by atoms with Gasteiger partial charge in [0.1, 0.15) is 11.4 Å². The van der Waals surface area contributed by atoms with E-state index in [0.29, 0.717) is 12.3 Å². The molecule has 0 atom stereocenters. The van der Waals surface area contributed by atoms with Gasteiger partial charge in [-0.2, -0.15) is 0 Å². The Morgan fingerprint density at radius 2 is 2.29 bits per heavy atom. The standard InChI is InChI=1S/C12H15N3O2/c1-3-17-8-4-5-10-9(6-8)7(2)11(14-10)12(16)15-13/h4-6,14H,3,13H2,1-2H3,(H,15,16). The van der Waals surface area contributed by atoms with Gasteiger partial charge < -0.3 is 9.72 Å². The lowest BCUT2D eigenvalue weighted by Crippen LogP contribution is -2.30. The van der Waals surface area contributed by atoms with Gasteiger partial charge in [0, 0.05) is 10.9 Å². The van der Waals surface area contributed by atoms with E-state index in [1.165, 1.54) is 0 Å². The third kappa shape index (κ3) is 1.97. The molecule has 0 aliphatic carbocycles. The van der Waals surface area contributed by atoms with E-state index in [1.807, 2.05) is 32.0 Å². The largest absolute Gasteiger partial charge is 0.494 e. The second-order valence-electron chi connectivity index (χ2n) is 3.74. The number of aromatic amines is 1. The molecule has 1 aromatic carbocycles. The maximum Gasteiger partial charge on any atom is 0.281 e. The highest BCUT2D eigenvalue weighted by atomic mass is 16.5. The van der Waals surface area contributed by atoms with Gasteiger partial charge in [-0.15, -0.1) is 0 Å². The van der Waals surface area contributed by atoms with Gasteiger partial charge in [-0.05, 0) is 37.6 Å². The first-order chi connectivity index (χ1) is 8.17. The number of hydrazine groups is 1. The topological polar surface area (TPSA) is 80.1 Å². The quantitative estimate of drug-likeness (QED) is 0.426. The number of nitrogen functional groups attached to an aromatic ring is 1. The maximum absolute atomic E-state index is 11.5. The Labute approximate surface area is 98.9 Å². The first-order valence-electron chi connectivity index (χ1n) is 5.43. The Kier molecular flexibility index (Phi) is 3.01. The number of fused-ring (bicyclic) bond motifs is 1.